The second-order valence-electron chi connectivity index (χ2n) is 10.6. The lowest BCUT2D eigenvalue weighted by Gasteiger charge is -2.41. The van der Waals surface area contributed by atoms with E-state index in [1.807, 2.05) is 52.1 Å². The van der Waals surface area contributed by atoms with Gasteiger partial charge >= 0.3 is 6.09 Å². The molecule has 2 atom stereocenters. The fraction of sp³-hybridized carbons (Fsp3) is 0.640. The van der Waals surface area contributed by atoms with Gasteiger partial charge in [-0.3, -0.25) is 0 Å². The molecule has 0 bridgehead atoms. The van der Waals surface area contributed by atoms with Gasteiger partial charge in [0, 0.05) is 13.1 Å². The molecule has 1 aromatic carbocycles. The lowest BCUT2D eigenvalue weighted by molar-refractivity contribution is 0.0162. The Hall–Kier alpha value is -1.59. The highest BCUT2D eigenvalue weighted by atomic mass is 28.4. The lowest BCUT2D eigenvalue weighted by Crippen LogP contribution is -2.45. The van der Waals surface area contributed by atoms with E-state index < -0.39 is 13.9 Å². The van der Waals surface area contributed by atoms with E-state index in [0.717, 1.165) is 24.8 Å². The van der Waals surface area contributed by atoms with E-state index in [0.29, 0.717) is 0 Å². The van der Waals surface area contributed by atoms with Gasteiger partial charge in [-0.1, -0.05) is 57.2 Å². The van der Waals surface area contributed by atoms with Gasteiger partial charge in [0.2, 0.25) is 0 Å². The van der Waals surface area contributed by atoms with Gasteiger partial charge in [-0.25, -0.2) is 4.79 Å². The van der Waals surface area contributed by atoms with Gasteiger partial charge in [-0.05, 0) is 63.7 Å². The molecule has 1 rings (SSSR count). The molecule has 5 heteroatoms. The Kier molecular flexibility index (Phi) is 9.37. The highest BCUT2D eigenvalue weighted by Gasteiger charge is 2.40. The number of ether oxygens (including phenoxy) is 1. The van der Waals surface area contributed by atoms with E-state index in [2.05, 4.69) is 52.6 Å². The zero-order chi connectivity index (χ0) is 23.2. The molecule has 0 radical (unpaired) electrons. The normalized spacial score (nSPS) is 14.7. The number of carbonyl (C=O) groups is 1. The summed E-state index contributed by atoms with van der Waals surface area (Å²) >= 11 is 0. The van der Waals surface area contributed by atoms with Crippen molar-refractivity contribution in [1.82, 2.24) is 4.90 Å². The largest absolute Gasteiger partial charge is 0.444 e. The third-order valence-corrected chi connectivity index (χ3v) is 10.3. The van der Waals surface area contributed by atoms with Gasteiger partial charge in [0.05, 0.1) is 6.10 Å². The molecule has 0 fully saturated rings. The first-order valence-electron chi connectivity index (χ1n) is 11.0. The summed E-state index contributed by atoms with van der Waals surface area (Å²) in [5.41, 5.74) is 0.633. The van der Waals surface area contributed by atoms with Crippen molar-refractivity contribution in [2.45, 2.75) is 96.7 Å². The number of carbonyl (C=O) groups excluding carboxylic acids is 1. The Bertz CT molecular complexity index is 674. The Balaban J connectivity index is 3.19. The minimum Gasteiger partial charge on any atom is -0.444 e. The van der Waals surface area contributed by atoms with Crippen LogP contribution in [-0.4, -0.2) is 38.0 Å². The number of hydrogen-bond acceptors (Lipinski definition) is 3. The van der Waals surface area contributed by atoms with Crippen LogP contribution in [0.1, 0.15) is 72.5 Å². The second kappa shape index (κ2) is 10.6. The predicted molar refractivity (Wildman–Crippen MR) is 129 cm³/mol. The Morgan fingerprint density at radius 2 is 1.70 bits per heavy atom. The van der Waals surface area contributed by atoms with Crippen LogP contribution in [0.4, 0.5) is 4.79 Å². The predicted octanol–water partition coefficient (Wildman–Crippen LogP) is 7.34. The van der Waals surface area contributed by atoms with Crippen LogP contribution < -0.4 is 0 Å². The maximum atomic E-state index is 12.8. The van der Waals surface area contributed by atoms with Gasteiger partial charge < -0.3 is 14.1 Å². The standard InChI is InChI=1S/C25H43NO3Si/c1-11-12-18-21(26(8)23(27)28-24(2,3)4)19-22(20-16-14-13-15-17-20)29-30(9,10)25(5,6)7/h11,13-17,21-22H,1,12,18-19H2,2-10H3/t21-,22-/m0/s1. The number of hydrogen-bond donors (Lipinski definition) is 0. The number of nitrogens with zero attached hydrogens (tertiary/aromatic N) is 1. The maximum Gasteiger partial charge on any atom is 0.410 e. The van der Waals surface area contributed by atoms with Crippen molar-refractivity contribution in [3.8, 4) is 0 Å². The molecule has 0 N–H and O–H groups in total. The van der Waals surface area contributed by atoms with Gasteiger partial charge in [-0.15, -0.1) is 6.58 Å². The average molecular weight is 434 g/mol. The summed E-state index contributed by atoms with van der Waals surface area (Å²) in [5.74, 6) is 0. The molecule has 1 amide bonds. The van der Waals surface area contributed by atoms with Crippen molar-refractivity contribution in [1.29, 1.82) is 0 Å². The van der Waals surface area contributed by atoms with Gasteiger partial charge in [0.1, 0.15) is 5.60 Å². The van der Waals surface area contributed by atoms with Gasteiger partial charge in [-0.2, -0.15) is 0 Å². The van der Waals surface area contributed by atoms with E-state index in [4.69, 9.17) is 9.16 Å². The van der Waals surface area contributed by atoms with E-state index >= 15 is 0 Å². The molecule has 1 aromatic rings. The molecular formula is C25H43NO3Si. The smallest absolute Gasteiger partial charge is 0.410 e. The summed E-state index contributed by atoms with van der Waals surface area (Å²) in [4.78, 5) is 14.5. The van der Waals surface area contributed by atoms with Gasteiger partial charge in [0.15, 0.2) is 8.32 Å². The van der Waals surface area contributed by atoms with Crippen molar-refractivity contribution in [3.05, 3.63) is 48.6 Å². The minimum atomic E-state index is -2.00. The Morgan fingerprint density at radius 3 is 2.17 bits per heavy atom. The van der Waals surface area contributed by atoms with E-state index in [1.165, 1.54) is 0 Å². The van der Waals surface area contributed by atoms with Crippen molar-refractivity contribution < 1.29 is 14.0 Å². The van der Waals surface area contributed by atoms with E-state index in [9.17, 15) is 4.79 Å². The SMILES string of the molecule is C=CCC[C@@H](C[C@H](O[Si](C)(C)C(C)(C)C)c1ccccc1)N(C)C(=O)OC(C)(C)C. The molecule has 4 nitrogen and oxygen atoms in total. The van der Waals surface area contributed by atoms with E-state index in [-0.39, 0.29) is 23.3 Å². The number of rotatable bonds is 9. The topological polar surface area (TPSA) is 38.8 Å². The van der Waals surface area contributed by atoms with Gasteiger partial charge in [0.25, 0.3) is 0 Å². The molecule has 0 aromatic heterocycles. The first-order chi connectivity index (χ1) is 13.7. The molecule has 0 saturated carbocycles. The minimum absolute atomic E-state index is 0.00664. The fourth-order valence-electron chi connectivity index (χ4n) is 2.96. The molecule has 0 heterocycles. The third-order valence-electron chi connectivity index (χ3n) is 5.83. The summed E-state index contributed by atoms with van der Waals surface area (Å²) in [6, 6.07) is 10.4. The quantitative estimate of drug-likeness (QED) is 0.302. The first kappa shape index (κ1) is 26.4. The summed E-state index contributed by atoms with van der Waals surface area (Å²) < 4.78 is 12.5. The zero-order valence-corrected chi connectivity index (χ0v) is 21.6. The summed E-state index contributed by atoms with van der Waals surface area (Å²) in [6.07, 6.45) is 3.91. The summed E-state index contributed by atoms with van der Waals surface area (Å²) in [5, 5.41) is 0.105. The molecule has 30 heavy (non-hydrogen) atoms. The lowest BCUT2D eigenvalue weighted by atomic mass is 9.98. The zero-order valence-electron chi connectivity index (χ0n) is 20.6. The summed E-state index contributed by atoms with van der Waals surface area (Å²) in [6.45, 7) is 20.9. The Labute approximate surface area is 185 Å². The number of amides is 1. The van der Waals surface area contributed by atoms with Crippen molar-refractivity contribution >= 4 is 14.4 Å². The van der Waals surface area contributed by atoms with Crippen LogP contribution in [0, 0.1) is 0 Å². The van der Waals surface area contributed by atoms with E-state index in [1.54, 1.807) is 4.90 Å². The Morgan fingerprint density at radius 1 is 1.13 bits per heavy atom. The van der Waals surface area contributed by atoms with Crippen LogP contribution in [-0.2, 0) is 9.16 Å². The molecule has 0 unspecified atom stereocenters. The number of allylic oxidation sites excluding steroid dienone is 1. The van der Waals surface area contributed by atoms with Crippen LogP contribution in [0.5, 0.6) is 0 Å². The molecule has 170 valence electrons. The van der Waals surface area contributed by atoms with Crippen LogP contribution in [0.3, 0.4) is 0 Å². The number of benzene rings is 1. The molecule has 0 spiro atoms. The average Bonchev–Trinajstić information content (AvgIpc) is 2.61. The monoisotopic (exact) mass is 433 g/mol. The fourth-order valence-corrected chi connectivity index (χ4v) is 4.26. The molecule has 0 aliphatic rings. The van der Waals surface area contributed by atoms with Crippen LogP contribution in [0.15, 0.2) is 43.0 Å². The molecule has 0 aliphatic heterocycles. The molecule has 0 saturated heterocycles. The van der Waals surface area contributed by atoms with Crippen LogP contribution >= 0.6 is 0 Å². The summed E-state index contributed by atoms with van der Waals surface area (Å²) in [7, 11) is -0.174. The van der Waals surface area contributed by atoms with Crippen molar-refractivity contribution in [3.63, 3.8) is 0 Å². The van der Waals surface area contributed by atoms with Crippen molar-refractivity contribution in [2.75, 3.05) is 7.05 Å². The maximum absolute atomic E-state index is 12.8. The highest BCUT2D eigenvalue weighted by Crippen LogP contribution is 2.41. The molecular weight excluding hydrogens is 390 g/mol. The first-order valence-corrected chi connectivity index (χ1v) is 13.9. The van der Waals surface area contributed by atoms with Crippen LogP contribution in [0.2, 0.25) is 18.1 Å². The van der Waals surface area contributed by atoms with Crippen molar-refractivity contribution in [2.24, 2.45) is 0 Å². The second-order valence-corrected chi connectivity index (χ2v) is 15.4. The molecule has 0 aliphatic carbocycles. The third kappa shape index (κ3) is 8.27. The van der Waals surface area contributed by atoms with Crippen LogP contribution in [0.25, 0.3) is 0 Å². The highest BCUT2D eigenvalue weighted by molar-refractivity contribution is 6.74.